The maximum atomic E-state index is 12.8. The second-order valence-electron chi connectivity index (χ2n) is 5.25. The van der Waals surface area contributed by atoms with Gasteiger partial charge in [-0.05, 0) is 36.8 Å². The number of ether oxygens (including phenoxy) is 1. The predicted octanol–water partition coefficient (Wildman–Crippen LogP) is 2.66. The van der Waals surface area contributed by atoms with Crippen molar-refractivity contribution < 1.29 is 18.7 Å². The summed E-state index contributed by atoms with van der Waals surface area (Å²) in [5.41, 5.74) is 1.45. The summed E-state index contributed by atoms with van der Waals surface area (Å²) in [5.74, 6) is -1.10. The third-order valence-corrected chi connectivity index (χ3v) is 3.27. The van der Waals surface area contributed by atoms with E-state index in [-0.39, 0.29) is 31.0 Å². The van der Waals surface area contributed by atoms with Crippen molar-refractivity contribution in [3.63, 3.8) is 0 Å². The summed E-state index contributed by atoms with van der Waals surface area (Å²) in [7, 11) is 0. The van der Waals surface area contributed by atoms with Gasteiger partial charge in [0.25, 0.3) is 0 Å². The van der Waals surface area contributed by atoms with Crippen LogP contribution in [0.3, 0.4) is 0 Å². The maximum Gasteiger partial charge on any atom is 0.250 e. The molecule has 2 N–H and O–H groups in total. The molecule has 0 radical (unpaired) electrons. The Kier molecular flexibility index (Phi) is 6.45. The van der Waals surface area contributed by atoms with E-state index >= 15 is 0 Å². The minimum absolute atomic E-state index is 0.143. The molecule has 2 aromatic carbocycles. The Labute approximate surface area is 139 Å². The molecule has 2 aromatic rings. The van der Waals surface area contributed by atoms with Crippen LogP contribution in [0.4, 0.5) is 10.1 Å². The van der Waals surface area contributed by atoms with Gasteiger partial charge in [0.2, 0.25) is 11.8 Å². The molecule has 0 unspecified atom stereocenters. The normalized spacial score (nSPS) is 11.6. The molecule has 2 rings (SSSR count). The Morgan fingerprint density at radius 3 is 2.29 bits per heavy atom. The monoisotopic (exact) mass is 330 g/mol. The lowest BCUT2D eigenvalue weighted by Crippen LogP contribution is -2.31. The number of amides is 2. The Morgan fingerprint density at radius 2 is 1.62 bits per heavy atom. The van der Waals surface area contributed by atoms with E-state index in [0.29, 0.717) is 5.69 Å². The van der Waals surface area contributed by atoms with Crippen molar-refractivity contribution in [2.45, 2.75) is 13.0 Å². The minimum Gasteiger partial charge on any atom is -0.362 e. The highest BCUT2D eigenvalue weighted by Gasteiger charge is 2.10. The third-order valence-electron chi connectivity index (χ3n) is 3.27. The number of carbonyl (C=O) groups is 2. The lowest BCUT2D eigenvalue weighted by molar-refractivity contribution is -0.129. The van der Waals surface area contributed by atoms with Crippen LogP contribution in [-0.4, -0.2) is 25.0 Å². The summed E-state index contributed by atoms with van der Waals surface area (Å²) in [6.07, 6.45) is 0. The van der Waals surface area contributed by atoms with Gasteiger partial charge in [0, 0.05) is 5.69 Å². The zero-order valence-electron chi connectivity index (χ0n) is 13.3. The summed E-state index contributed by atoms with van der Waals surface area (Å²) in [6.45, 7) is 1.40. The second kappa shape index (κ2) is 8.79. The first-order valence-electron chi connectivity index (χ1n) is 7.52. The molecule has 0 saturated carbocycles. The number of rotatable bonds is 7. The molecule has 0 aliphatic rings. The van der Waals surface area contributed by atoms with E-state index in [1.165, 1.54) is 24.3 Å². The molecule has 0 aromatic heterocycles. The highest BCUT2D eigenvalue weighted by molar-refractivity contribution is 5.91. The molecule has 1 atom stereocenters. The first-order valence-corrected chi connectivity index (χ1v) is 7.52. The van der Waals surface area contributed by atoms with E-state index in [0.717, 1.165) is 5.56 Å². The van der Waals surface area contributed by atoms with E-state index in [4.69, 9.17) is 4.74 Å². The van der Waals surface area contributed by atoms with Crippen LogP contribution < -0.4 is 10.6 Å². The molecule has 24 heavy (non-hydrogen) atoms. The number of benzene rings is 2. The van der Waals surface area contributed by atoms with Gasteiger partial charge >= 0.3 is 0 Å². The molecule has 0 saturated heterocycles. The van der Waals surface area contributed by atoms with E-state index in [9.17, 15) is 14.0 Å². The average Bonchev–Trinajstić information content (AvgIpc) is 2.57. The van der Waals surface area contributed by atoms with E-state index in [1.54, 1.807) is 0 Å². The molecule has 0 aliphatic heterocycles. The smallest absolute Gasteiger partial charge is 0.250 e. The molecule has 0 aliphatic carbocycles. The summed E-state index contributed by atoms with van der Waals surface area (Å²) in [6, 6.07) is 14.8. The first-order chi connectivity index (χ1) is 11.5. The molecule has 126 valence electrons. The molecule has 6 heteroatoms. The van der Waals surface area contributed by atoms with Crippen molar-refractivity contribution in [3.8, 4) is 0 Å². The Bertz CT molecular complexity index is 674. The highest BCUT2D eigenvalue weighted by atomic mass is 19.1. The van der Waals surface area contributed by atoms with Crippen LogP contribution in [-0.2, 0) is 14.3 Å². The van der Waals surface area contributed by atoms with Gasteiger partial charge in [0.1, 0.15) is 19.0 Å². The van der Waals surface area contributed by atoms with Gasteiger partial charge < -0.3 is 15.4 Å². The van der Waals surface area contributed by atoms with Crippen LogP contribution in [0, 0.1) is 5.82 Å². The molecule has 0 fully saturated rings. The van der Waals surface area contributed by atoms with Crippen molar-refractivity contribution in [2.24, 2.45) is 0 Å². The fourth-order valence-electron chi connectivity index (χ4n) is 2.07. The molecule has 5 nitrogen and oxygen atoms in total. The zero-order valence-corrected chi connectivity index (χ0v) is 13.3. The van der Waals surface area contributed by atoms with Gasteiger partial charge in [-0.2, -0.15) is 0 Å². The molecule has 0 heterocycles. The largest absolute Gasteiger partial charge is 0.362 e. The van der Waals surface area contributed by atoms with E-state index in [2.05, 4.69) is 10.6 Å². The third kappa shape index (κ3) is 5.81. The van der Waals surface area contributed by atoms with Crippen LogP contribution >= 0.6 is 0 Å². The van der Waals surface area contributed by atoms with Crippen LogP contribution in [0.1, 0.15) is 18.5 Å². The number of hydrogen-bond donors (Lipinski definition) is 2. The number of halogens is 1. The molecule has 0 spiro atoms. The fraction of sp³-hybridized carbons (Fsp3) is 0.222. The van der Waals surface area contributed by atoms with Crippen LogP contribution in [0.25, 0.3) is 0 Å². The summed E-state index contributed by atoms with van der Waals surface area (Å²) in [5, 5.41) is 5.34. The van der Waals surface area contributed by atoms with Gasteiger partial charge in [-0.25, -0.2) is 4.39 Å². The quantitative estimate of drug-likeness (QED) is 0.820. The van der Waals surface area contributed by atoms with Crippen molar-refractivity contribution in [1.82, 2.24) is 5.32 Å². The molecule has 2 amide bonds. The summed E-state index contributed by atoms with van der Waals surface area (Å²) < 4.78 is 17.9. The highest BCUT2D eigenvalue weighted by Crippen LogP contribution is 2.10. The topological polar surface area (TPSA) is 67.4 Å². The molecular formula is C18H19FN2O3. The van der Waals surface area contributed by atoms with Gasteiger partial charge in [0.15, 0.2) is 0 Å². The molecule has 0 bridgehead atoms. The van der Waals surface area contributed by atoms with Crippen LogP contribution in [0.15, 0.2) is 54.6 Å². The van der Waals surface area contributed by atoms with E-state index < -0.39 is 5.91 Å². The van der Waals surface area contributed by atoms with Crippen molar-refractivity contribution >= 4 is 17.5 Å². The SMILES string of the molecule is C[C@H](NC(=O)COCC(=O)Nc1ccc(F)cc1)c1ccccc1. The van der Waals surface area contributed by atoms with Crippen molar-refractivity contribution in [1.29, 1.82) is 0 Å². The number of anilines is 1. The van der Waals surface area contributed by atoms with Gasteiger partial charge in [-0.15, -0.1) is 0 Å². The van der Waals surface area contributed by atoms with Crippen LogP contribution in [0.5, 0.6) is 0 Å². The minimum atomic E-state index is -0.412. The van der Waals surface area contributed by atoms with Crippen molar-refractivity contribution in [2.75, 3.05) is 18.5 Å². The molecular weight excluding hydrogens is 311 g/mol. The summed E-state index contributed by atoms with van der Waals surface area (Å²) >= 11 is 0. The standard InChI is InChI=1S/C18H19FN2O3/c1-13(14-5-3-2-4-6-14)20-17(22)11-24-12-18(23)21-16-9-7-15(19)8-10-16/h2-10,13H,11-12H2,1H3,(H,20,22)(H,21,23)/t13-/m0/s1. The van der Waals surface area contributed by atoms with Crippen LogP contribution in [0.2, 0.25) is 0 Å². The van der Waals surface area contributed by atoms with Crippen molar-refractivity contribution in [3.05, 3.63) is 66.0 Å². The van der Waals surface area contributed by atoms with E-state index in [1.807, 2.05) is 37.3 Å². The van der Waals surface area contributed by atoms with Gasteiger partial charge in [0.05, 0.1) is 6.04 Å². The lowest BCUT2D eigenvalue weighted by Gasteiger charge is -2.14. The Balaban J connectivity index is 1.68. The lowest BCUT2D eigenvalue weighted by atomic mass is 10.1. The zero-order chi connectivity index (χ0) is 17.4. The summed E-state index contributed by atoms with van der Waals surface area (Å²) in [4.78, 5) is 23.5. The second-order valence-corrected chi connectivity index (χ2v) is 5.25. The van der Waals surface area contributed by atoms with Gasteiger partial charge in [-0.1, -0.05) is 30.3 Å². The number of hydrogen-bond acceptors (Lipinski definition) is 3. The average molecular weight is 330 g/mol. The van der Waals surface area contributed by atoms with Gasteiger partial charge in [-0.3, -0.25) is 9.59 Å². The number of nitrogens with one attached hydrogen (secondary N) is 2. The first kappa shape index (κ1) is 17.6. The number of carbonyl (C=O) groups excluding carboxylic acids is 2. The Morgan fingerprint density at radius 1 is 1.00 bits per heavy atom. The fourth-order valence-corrected chi connectivity index (χ4v) is 2.07. The predicted molar refractivity (Wildman–Crippen MR) is 88.8 cm³/mol. The maximum absolute atomic E-state index is 12.8. The Hall–Kier alpha value is -2.73.